The number of methoxy groups -OCH3 is 1. The van der Waals surface area contributed by atoms with Crippen molar-refractivity contribution in [3.05, 3.63) is 24.3 Å². The van der Waals surface area contributed by atoms with E-state index in [1.165, 1.54) is 5.69 Å². The van der Waals surface area contributed by atoms with Crippen molar-refractivity contribution in [1.82, 2.24) is 4.90 Å². The lowest BCUT2D eigenvalue weighted by Gasteiger charge is -2.45. The predicted molar refractivity (Wildman–Crippen MR) is 75.3 cm³/mol. The molecule has 0 amide bonds. The number of anilines is 1. The second kappa shape index (κ2) is 5.59. The molecule has 0 aliphatic carbocycles. The molecule has 2 unspecified atom stereocenters. The largest absolute Gasteiger partial charge is 0.497 e. The van der Waals surface area contributed by atoms with Crippen molar-refractivity contribution >= 4 is 5.69 Å². The highest BCUT2D eigenvalue weighted by molar-refractivity contribution is 5.51. The Bertz CT molecular complexity index is 379. The van der Waals surface area contributed by atoms with E-state index < -0.39 is 0 Å². The molecular weight excluding hydrogens is 226 g/mol. The maximum atomic E-state index is 5.92. The number of hydrogen-bond acceptors (Lipinski definition) is 4. The van der Waals surface area contributed by atoms with Crippen LogP contribution in [0.25, 0.3) is 0 Å². The van der Waals surface area contributed by atoms with Gasteiger partial charge in [0.2, 0.25) is 0 Å². The topological polar surface area (TPSA) is 41.7 Å². The maximum absolute atomic E-state index is 5.92. The standard InChI is InChI=1S/C14H23N3O/c1-11-9-16(2)10-13(8-15)17(11)12-4-6-14(18-3)7-5-12/h4-7,11,13H,8-10,15H2,1-3H3. The third kappa shape index (κ3) is 2.60. The molecule has 1 aromatic carbocycles. The summed E-state index contributed by atoms with van der Waals surface area (Å²) in [6.07, 6.45) is 0. The molecule has 100 valence electrons. The van der Waals surface area contributed by atoms with Gasteiger partial charge in [-0.15, -0.1) is 0 Å². The van der Waals surface area contributed by atoms with Gasteiger partial charge in [-0.05, 0) is 38.2 Å². The average molecular weight is 249 g/mol. The van der Waals surface area contributed by atoms with E-state index in [-0.39, 0.29) is 0 Å². The lowest BCUT2D eigenvalue weighted by molar-refractivity contribution is 0.235. The number of nitrogens with two attached hydrogens (primary N) is 1. The third-order valence-corrected chi connectivity index (χ3v) is 3.61. The molecule has 1 heterocycles. The number of nitrogens with zero attached hydrogens (tertiary/aromatic N) is 2. The van der Waals surface area contributed by atoms with Gasteiger partial charge in [0.1, 0.15) is 5.75 Å². The van der Waals surface area contributed by atoms with Crippen molar-refractivity contribution in [3.8, 4) is 5.75 Å². The number of likely N-dealkylation sites (N-methyl/N-ethyl adjacent to an activating group) is 1. The van der Waals surface area contributed by atoms with E-state index in [1.807, 2.05) is 12.1 Å². The molecule has 1 aromatic rings. The first-order valence-corrected chi connectivity index (χ1v) is 6.46. The average Bonchev–Trinajstić information content (AvgIpc) is 2.38. The van der Waals surface area contributed by atoms with E-state index in [1.54, 1.807) is 7.11 Å². The Morgan fingerprint density at radius 2 is 1.94 bits per heavy atom. The zero-order valence-electron chi connectivity index (χ0n) is 11.5. The van der Waals surface area contributed by atoms with Crippen LogP contribution in [0.2, 0.25) is 0 Å². The Hall–Kier alpha value is -1.26. The van der Waals surface area contributed by atoms with Crippen LogP contribution in [0.5, 0.6) is 5.75 Å². The Balaban J connectivity index is 2.22. The monoisotopic (exact) mass is 249 g/mol. The Kier molecular flexibility index (Phi) is 4.09. The molecule has 2 N–H and O–H groups in total. The highest BCUT2D eigenvalue weighted by atomic mass is 16.5. The second-order valence-electron chi connectivity index (χ2n) is 5.07. The highest BCUT2D eigenvalue weighted by Crippen LogP contribution is 2.25. The summed E-state index contributed by atoms with van der Waals surface area (Å²) < 4.78 is 5.20. The van der Waals surface area contributed by atoms with Crippen molar-refractivity contribution in [2.24, 2.45) is 5.73 Å². The minimum Gasteiger partial charge on any atom is -0.497 e. The second-order valence-corrected chi connectivity index (χ2v) is 5.07. The summed E-state index contributed by atoms with van der Waals surface area (Å²) in [4.78, 5) is 4.78. The van der Waals surface area contributed by atoms with Gasteiger partial charge < -0.3 is 20.3 Å². The van der Waals surface area contributed by atoms with Gasteiger partial charge in [0.05, 0.1) is 13.2 Å². The van der Waals surface area contributed by atoms with Crippen molar-refractivity contribution in [2.45, 2.75) is 19.0 Å². The fourth-order valence-corrected chi connectivity index (χ4v) is 2.83. The van der Waals surface area contributed by atoms with E-state index in [9.17, 15) is 0 Å². The zero-order chi connectivity index (χ0) is 13.1. The third-order valence-electron chi connectivity index (χ3n) is 3.61. The van der Waals surface area contributed by atoms with Gasteiger partial charge in [-0.2, -0.15) is 0 Å². The summed E-state index contributed by atoms with van der Waals surface area (Å²) in [7, 11) is 3.85. The number of hydrogen-bond donors (Lipinski definition) is 1. The van der Waals surface area contributed by atoms with E-state index in [2.05, 4.69) is 35.9 Å². The quantitative estimate of drug-likeness (QED) is 0.873. The van der Waals surface area contributed by atoms with Crippen LogP contribution in [-0.2, 0) is 0 Å². The number of benzene rings is 1. The molecular formula is C14H23N3O. The SMILES string of the molecule is COc1ccc(N2C(C)CN(C)CC2CN)cc1. The molecule has 1 saturated heterocycles. The lowest BCUT2D eigenvalue weighted by atomic mass is 10.1. The summed E-state index contributed by atoms with van der Waals surface area (Å²) in [6, 6.07) is 9.10. The Morgan fingerprint density at radius 3 is 2.50 bits per heavy atom. The summed E-state index contributed by atoms with van der Waals surface area (Å²) in [6.45, 7) is 5.03. The molecule has 0 bridgehead atoms. The smallest absolute Gasteiger partial charge is 0.119 e. The summed E-state index contributed by atoms with van der Waals surface area (Å²) >= 11 is 0. The molecule has 2 rings (SSSR count). The van der Waals surface area contributed by atoms with E-state index in [0.29, 0.717) is 18.6 Å². The molecule has 4 nitrogen and oxygen atoms in total. The number of rotatable bonds is 3. The molecule has 2 atom stereocenters. The van der Waals surface area contributed by atoms with Crippen LogP contribution in [0.15, 0.2) is 24.3 Å². The van der Waals surface area contributed by atoms with Gasteiger partial charge in [0.25, 0.3) is 0 Å². The minimum absolute atomic E-state index is 0.382. The van der Waals surface area contributed by atoms with Gasteiger partial charge in [0, 0.05) is 31.4 Å². The van der Waals surface area contributed by atoms with Crippen LogP contribution < -0.4 is 15.4 Å². The predicted octanol–water partition coefficient (Wildman–Crippen LogP) is 1.16. The fourth-order valence-electron chi connectivity index (χ4n) is 2.83. The first-order valence-electron chi connectivity index (χ1n) is 6.46. The fraction of sp³-hybridized carbons (Fsp3) is 0.571. The van der Waals surface area contributed by atoms with E-state index in [0.717, 1.165) is 18.8 Å². The maximum Gasteiger partial charge on any atom is 0.119 e. The molecule has 18 heavy (non-hydrogen) atoms. The van der Waals surface area contributed by atoms with E-state index >= 15 is 0 Å². The molecule has 1 fully saturated rings. The van der Waals surface area contributed by atoms with Crippen LogP contribution in [-0.4, -0.2) is 50.8 Å². The van der Waals surface area contributed by atoms with Gasteiger partial charge in [-0.1, -0.05) is 0 Å². The van der Waals surface area contributed by atoms with Crippen molar-refractivity contribution in [1.29, 1.82) is 0 Å². The molecule has 1 aliphatic rings. The molecule has 1 aliphatic heterocycles. The van der Waals surface area contributed by atoms with Gasteiger partial charge in [0.15, 0.2) is 0 Å². The van der Waals surface area contributed by atoms with Crippen LogP contribution in [0, 0.1) is 0 Å². The molecule has 0 spiro atoms. The molecule has 4 heteroatoms. The molecule has 0 aromatic heterocycles. The summed E-state index contributed by atoms with van der Waals surface area (Å²) in [5, 5.41) is 0. The van der Waals surface area contributed by atoms with Crippen molar-refractivity contribution < 1.29 is 4.74 Å². The van der Waals surface area contributed by atoms with Gasteiger partial charge >= 0.3 is 0 Å². The van der Waals surface area contributed by atoms with Crippen LogP contribution >= 0.6 is 0 Å². The van der Waals surface area contributed by atoms with Crippen LogP contribution in [0.3, 0.4) is 0 Å². The summed E-state index contributed by atoms with van der Waals surface area (Å²) in [5.74, 6) is 0.893. The van der Waals surface area contributed by atoms with Crippen LogP contribution in [0.1, 0.15) is 6.92 Å². The normalized spacial score (nSPS) is 25.2. The first-order chi connectivity index (χ1) is 8.65. The van der Waals surface area contributed by atoms with Crippen molar-refractivity contribution in [2.75, 3.05) is 38.7 Å². The minimum atomic E-state index is 0.382. The Morgan fingerprint density at radius 1 is 1.28 bits per heavy atom. The van der Waals surface area contributed by atoms with Crippen molar-refractivity contribution in [3.63, 3.8) is 0 Å². The molecule has 0 radical (unpaired) electrons. The Labute approximate surface area is 109 Å². The van der Waals surface area contributed by atoms with Crippen LogP contribution in [0.4, 0.5) is 5.69 Å². The number of ether oxygens (including phenoxy) is 1. The highest BCUT2D eigenvalue weighted by Gasteiger charge is 2.29. The lowest BCUT2D eigenvalue weighted by Crippen LogP contribution is -2.59. The van der Waals surface area contributed by atoms with E-state index in [4.69, 9.17) is 10.5 Å². The van der Waals surface area contributed by atoms with Gasteiger partial charge in [-0.25, -0.2) is 0 Å². The number of piperazine rings is 1. The summed E-state index contributed by atoms with van der Waals surface area (Å²) in [5.41, 5.74) is 7.15. The molecule has 0 saturated carbocycles. The van der Waals surface area contributed by atoms with Gasteiger partial charge in [-0.3, -0.25) is 0 Å². The first kappa shape index (κ1) is 13.2. The zero-order valence-corrected chi connectivity index (χ0v) is 11.5.